The van der Waals surface area contributed by atoms with Crippen LogP contribution >= 0.6 is 0 Å². The Kier molecular flexibility index (Phi) is 6.02. The van der Waals surface area contributed by atoms with Crippen LogP contribution in [0.5, 0.6) is 0 Å². The summed E-state index contributed by atoms with van der Waals surface area (Å²) < 4.78 is 5.51. The van der Waals surface area contributed by atoms with Crippen molar-refractivity contribution in [3.8, 4) is 11.3 Å². The SMILES string of the molecule is CC(C)(NC(=O)O)C(=O)C1=NC=C[C@]1(C)N1CCc2c(-c3cnc(N)nc3)nc(N3CCOCC3)nc21. The quantitative estimate of drug-likeness (QED) is 0.510. The van der Waals surface area contributed by atoms with E-state index in [0.717, 1.165) is 5.56 Å². The molecule has 0 aliphatic carbocycles. The Balaban J connectivity index is 1.59. The van der Waals surface area contributed by atoms with Gasteiger partial charge in [-0.2, -0.15) is 4.98 Å². The third-order valence-electron chi connectivity index (χ3n) is 6.90. The van der Waals surface area contributed by atoms with Gasteiger partial charge in [-0.05, 0) is 33.3 Å². The van der Waals surface area contributed by atoms with Crippen molar-refractivity contribution in [3.63, 3.8) is 0 Å². The summed E-state index contributed by atoms with van der Waals surface area (Å²) in [6.07, 6.45) is 6.06. The molecule has 3 aliphatic rings. The van der Waals surface area contributed by atoms with Crippen LogP contribution in [0.15, 0.2) is 29.7 Å². The van der Waals surface area contributed by atoms with Crippen molar-refractivity contribution in [2.45, 2.75) is 38.3 Å². The van der Waals surface area contributed by atoms with Gasteiger partial charge in [0.2, 0.25) is 17.7 Å². The molecule has 5 rings (SSSR count). The van der Waals surface area contributed by atoms with E-state index in [9.17, 15) is 14.7 Å². The van der Waals surface area contributed by atoms with E-state index in [-0.39, 0.29) is 11.7 Å². The van der Waals surface area contributed by atoms with Crippen molar-refractivity contribution >= 4 is 35.3 Å². The number of rotatable bonds is 6. The predicted octanol–water partition coefficient (Wildman–Crippen LogP) is 1.06. The standard InChI is InChI=1S/C24H29N9O4/c1-23(2,31-22(35)36)18(34)17-24(3,5-6-26-17)33-7-4-15-16(14-12-27-20(25)28-13-14)29-21(30-19(15)33)32-8-10-37-11-9-32/h5-6,12-13,31H,4,7-11H2,1-3H3,(H,35,36)(H2,25,27,28)/t24-/m0/s1. The molecule has 4 N–H and O–H groups in total. The first-order valence-corrected chi connectivity index (χ1v) is 12.0. The molecule has 5 heterocycles. The zero-order valence-electron chi connectivity index (χ0n) is 20.9. The molecule has 3 aliphatic heterocycles. The van der Waals surface area contributed by atoms with E-state index in [2.05, 4.69) is 25.2 Å². The summed E-state index contributed by atoms with van der Waals surface area (Å²) in [5.41, 5.74) is 5.98. The normalized spacial score (nSPS) is 21.1. The lowest BCUT2D eigenvalue weighted by atomic mass is 9.84. The minimum Gasteiger partial charge on any atom is -0.465 e. The van der Waals surface area contributed by atoms with E-state index in [1.165, 1.54) is 13.8 Å². The highest BCUT2D eigenvalue weighted by molar-refractivity contribution is 6.47. The van der Waals surface area contributed by atoms with Crippen LogP contribution in [-0.2, 0) is 16.0 Å². The first-order valence-electron chi connectivity index (χ1n) is 12.0. The molecule has 1 saturated heterocycles. The van der Waals surface area contributed by atoms with Crippen molar-refractivity contribution in [2.75, 3.05) is 48.4 Å². The molecule has 37 heavy (non-hydrogen) atoms. The zero-order valence-corrected chi connectivity index (χ0v) is 20.9. The minimum absolute atomic E-state index is 0.171. The predicted molar refractivity (Wildman–Crippen MR) is 137 cm³/mol. The minimum atomic E-state index is -1.36. The Morgan fingerprint density at radius 3 is 2.54 bits per heavy atom. The van der Waals surface area contributed by atoms with E-state index in [1.807, 2.05) is 17.9 Å². The number of hydrogen-bond donors (Lipinski definition) is 3. The number of Topliss-reactive ketones (excluding diaryl/α,β-unsaturated/α-hetero) is 1. The molecule has 1 amide bonds. The van der Waals surface area contributed by atoms with Gasteiger partial charge in [0.15, 0.2) is 0 Å². The highest BCUT2D eigenvalue weighted by Crippen LogP contribution is 2.41. The largest absolute Gasteiger partial charge is 0.465 e. The number of aliphatic imine (C=N–C) groups is 1. The number of carbonyl (C=O) groups is 2. The summed E-state index contributed by atoms with van der Waals surface area (Å²) in [5.74, 6) is 0.987. The second kappa shape index (κ2) is 9.07. The first-order chi connectivity index (χ1) is 17.6. The number of amides is 1. The number of nitrogen functional groups attached to an aromatic ring is 1. The van der Waals surface area contributed by atoms with Gasteiger partial charge in [0.1, 0.15) is 22.6 Å². The fraction of sp³-hybridized carbons (Fsp3) is 0.458. The number of nitrogens with zero attached hydrogens (tertiary/aromatic N) is 7. The number of fused-ring (bicyclic) bond motifs is 1. The summed E-state index contributed by atoms with van der Waals surface area (Å²) in [6, 6.07) is 0. The molecule has 0 spiro atoms. The van der Waals surface area contributed by atoms with Gasteiger partial charge in [0.05, 0.1) is 18.9 Å². The number of carbonyl (C=O) groups excluding carboxylic acids is 1. The maximum Gasteiger partial charge on any atom is 0.405 e. The van der Waals surface area contributed by atoms with Gasteiger partial charge in [-0.15, -0.1) is 0 Å². The molecule has 0 saturated carbocycles. The number of anilines is 3. The number of ether oxygens (including phenoxy) is 1. The highest BCUT2D eigenvalue weighted by atomic mass is 16.5. The highest BCUT2D eigenvalue weighted by Gasteiger charge is 2.48. The Labute approximate surface area is 213 Å². The van der Waals surface area contributed by atoms with Crippen molar-refractivity contribution in [1.82, 2.24) is 25.3 Å². The molecule has 0 bridgehead atoms. The van der Waals surface area contributed by atoms with Crippen molar-refractivity contribution < 1.29 is 19.4 Å². The van der Waals surface area contributed by atoms with Crippen molar-refractivity contribution in [1.29, 1.82) is 0 Å². The lowest BCUT2D eigenvalue weighted by Gasteiger charge is -2.38. The van der Waals surface area contributed by atoms with Gasteiger partial charge < -0.3 is 30.7 Å². The third kappa shape index (κ3) is 4.35. The van der Waals surface area contributed by atoms with E-state index in [0.29, 0.717) is 62.3 Å². The molecule has 1 fully saturated rings. The fourth-order valence-corrected chi connectivity index (χ4v) is 4.89. The number of aromatic nitrogens is 4. The number of nitrogens with one attached hydrogen (secondary N) is 1. The molecule has 194 valence electrons. The molecule has 0 aromatic carbocycles. The average molecular weight is 508 g/mol. The van der Waals surface area contributed by atoms with Crippen LogP contribution in [-0.4, -0.2) is 86.6 Å². The summed E-state index contributed by atoms with van der Waals surface area (Å²) in [6.45, 7) is 7.94. The molecule has 0 unspecified atom stereocenters. The number of morpholine rings is 1. The van der Waals surface area contributed by atoms with Crippen LogP contribution in [0.3, 0.4) is 0 Å². The molecule has 2 aromatic rings. The Bertz CT molecular complexity index is 1300. The molecule has 13 heteroatoms. The fourth-order valence-electron chi connectivity index (χ4n) is 4.89. The van der Waals surface area contributed by atoms with Gasteiger partial charge in [-0.25, -0.2) is 19.7 Å². The Morgan fingerprint density at radius 2 is 1.86 bits per heavy atom. The second-order valence-corrected chi connectivity index (χ2v) is 9.83. The van der Waals surface area contributed by atoms with Crippen molar-refractivity contribution in [3.05, 3.63) is 30.2 Å². The van der Waals surface area contributed by atoms with Gasteiger partial charge in [0.25, 0.3) is 0 Å². The number of ketones is 1. The summed E-state index contributed by atoms with van der Waals surface area (Å²) in [5, 5.41) is 11.5. The summed E-state index contributed by atoms with van der Waals surface area (Å²) in [7, 11) is 0. The molecule has 2 aromatic heterocycles. The lowest BCUT2D eigenvalue weighted by molar-refractivity contribution is -0.117. The van der Waals surface area contributed by atoms with Crippen LogP contribution in [0.25, 0.3) is 11.3 Å². The van der Waals surface area contributed by atoms with Gasteiger partial charge >= 0.3 is 6.09 Å². The smallest absolute Gasteiger partial charge is 0.405 e. The number of hydrogen-bond acceptors (Lipinski definition) is 11. The van der Waals surface area contributed by atoms with Crippen LogP contribution in [0.2, 0.25) is 0 Å². The van der Waals surface area contributed by atoms with E-state index < -0.39 is 23.0 Å². The Hall–Kier alpha value is -4.13. The van der Waals surface area contributed by atoms with Crippen LogP contribution in [0.1, 0.15) is 26.3 Å². The number of nitrogens with two attached hydrogens (primary N) is 1. The molecule has 13 nitrogen and oxygen atoms in total. The summed E-state index contributed by atoms with van der Waals surface area (Å²) in [4.78, 5) is 51.5. The van der Waals surface area contributed by atoms with E-state index in [4.69, 9.17) is 20.4 Å². The van der Waals surface area contributed by atoms with Gasteiger partial charge in [0, 0.05) is 49.4 Å². The molecule has 0 radical (unpaired) electrons. The summed E-state index contributed by atoms with van der Waals surface area (Å²) >= 11 is 0. The third-order valence-corrected chi connectivity index (χ3v) is 6.90. The first kappa shape index (κ1) is 24.6. The van der Waals surface area contributed by atoms with Crippen LogP contribution < -0.4 is 20.9 Å². The Morgan fingerprint density at radius 1 is 1.16 bits per heavy atom. The maximum atomic E-state index is 13.5. The monoisotopic (exact) mass is 507 g/mol. The zero-order chi connectivity index (χ0) is 26.4. The van der Waals surface area contributed by atoms with E-state index in [1.54, 1.807) is 18.6 Å². The van der Waals surface area contributed by atoms with Crippen LogP contribution in [0.4, 0.5) is 22.5 Å². The second-order valence-electron chi connectivity index (χ2n) is 9.83. The molecular formula is C24H29N9O4. The average Bonchev–Trinajstić information content (AvgIpc) is 3.47. The lowest BCUT2D eigenvalue weighted by Crippen LogP contribution is -2.60. The topological polar surface area (TPSA) is 172 Å². The molecular weight excluding hydrogens is 478 g/mol. The van der Waals surface area contributed by atoms with Gasteiger partial charge in [-0.1, -0.05) is 0 Å². The molecule has 1 atom stereocenters. The van der Waals surface area contributed by atoms with E-state index >= 15 is 0 Å². The maximum absolute atomic E-state index is 13.5. The van der Waals surface area contributed by atoms with Crippen molar-refractivity contribution in [2.24, 2.45) is 4.99 Å². The van der Waals surface area contributed by atoms with Gasteiger partial charge in [-0.3, -0.25) is 9.79 Å². The van der Waals surface area contributed by atoms with Crippen LogP contribution in [0, 0.1) is 0 Å². The number of carboxylic acid groups (broad SMARTS) is 1.